The van der Waals surface area contributed by atoms with Crippen LogP contribution in [0.3, 0.4) is 0 Å². The van der Waals surface area contributed by atoms with E-state index in [0.29, 0.717) is 24.7 Å². The highest BCUT2D eigenvalue weighted by molar-refractivity contribution is 5.55. The fourth-order valence-electron chi connectivity index (χ4n) is 4.15. The maximum atomic E-state index is 14.9. The molecule has 2 aliphatic rings. The van der Waals surface area contributed by atoms with Crippen molar-refractivity contribution < 1.29 is 22.3 Å². The zero-order valence-corrected chi connectivity index (χ0v) is 17.1. The van der Waals surface area contributed by atoms with Crippen LogP contribution in [0.5, 0.6) is 0 Å². The number of hydrogen-bond donors (Lipinski definition) is 2. The summed E-state index contributed by atoms with van der Waals surface area (Å²) in [6.45, 7) is 2.57. The topological polar surface area (TPSA) is 80.1 Å². The predicted octanol–water partition coefficient (Wildman–Crippen LogP) is 3.24. The van der Waals surface area contributed by atoms with Crippen molar-refractivity contribution in [3.8, 4) is 0 Å². The summed E-state index contributed by atoms with van der Waals surface area (Å²) in [7, 11) is 1.35. The number of aromatic nitrogens is 4. The average molecular weight is 443 g/mol. The third kappa shape index (κ3) is 4.90. The number of piperidine rings is 1. The second kappa shape index (κ2) is 8.95. The van der Waals surface area contributed by atoms with E-state index in [2.05, 4.69) is 30.6 Å². The molecule has 2 N–H and O–H groups in total. The molecule has 0 aromatic carbocycles. The molecule has 0 unspecified atom stereocenters. The molecule has 2 fully saturated rings. The van der Waals surface area contributed by atoms with Gasteiger partial charge in [0, 0.05) is 51.8 Å². The number of halogens is 4. The van der Waals surface area contributed by atoms with Gasteiger partial charge in [-0.3, -0.25) is 9.58 Å². The Labute approximate surface area is 177 Å². The average Bonchev–Trinajstić information content (AvgIpc) is 3.21. The van der Waals surface area contributed by atoms with Gasteiger partial charge in [0.05, 0.1) is 17.9 Å². The minimum Gasteiger partial charge on any atom is -0.381 e. The van der Waals surface area contributed by atoms with Crippen molar-refractivity contribution in [2.45, 2.75) is 43.7 Å². The zero-order valence-electron chi connectivity index (χ0n) is 17.1. The van der Waals surface area contributed by atoms with Crippen molar-refractivity contribution in [2.75, 3.05) is 44.0 Å². The van der Waals surface area contributed by atoms with Crippen LogP contribution in [0.2, 0.25) is 0 Å². The van der Waals surface area contributed by atoms with Gasteiger partial charge in [0.15, 0.2) is 0 Å². The van der Waals surface area contributed by atoms with Crippen LogP contribution in [-0.4, -0.2) is 70.2 Å². The van der Waals surface area contributed by atoms with Crippen LogP contribution in [0.4, 0.5) is 35.0 Å². The normalized spacial score (nSPS) is 23.6. The van der Waals surface area contributed by atoms with Gasteiger partial charge in [-0.05, 0) is 19.3 Å². The fourth-order valence-corrected chi connectivity index (χ4v) is 4.15. The molecule has 2 aliphatic heterocycles. The van der Waals surface area contributed by atoms with Crippen molar-refractivity contribution in [1.82, 2.24) is 24.6 Å². The summed E-state index contributed by atoms with van der Waals surface area (Å²) >= 11 is 0. The first-order valence-corrected chi connectivity index (χ1v) is 10.2. The number of nitrogens with one attached hydrogen (secondary N) is 2. The number of nitrogens with zero attached hydrogens (tertiary/aromatic N) is 5. The van der Waals surface area contributed by atoms with E-state index in [4.69, 9.17) is 4.74 Å². The lowest BCUT2D eigenvalue weighted by Crippen LogP contribution is -2.49. The molecule has 0 bridgehead atoms. The molecule has 4 heterocycles. The van der Waals surface area contributed by atoms with Crippen LogP contribution in [0.25, 0.3) is 0 Å². The Hall–Kier alpha value is -2.47. The number of likely N-dealkylation sites (tertiary alicyclic amines) is 1. The van der Waals surface area contributed by atoms with Gasteiger partial charge in [-0.2, -0.15) is 23.3 Å². The number of anilines is 3. The van der Waals surface area contributed by atoms with Gasteiger partial charge in [-0.1, -0.05) is 0 Å². The van der Waals surface area contributed by atoms with Crippen LogP contribution in [-0.2, 0) is 10.9 Å². The molecule has 8 nitrogen and oxygen atoms in total. The van der Waals surface area contributed by atoms with Gasteiger partial charge >= 0.3 is 6.18 Å². The van der Waals surface area contributed by atoms with Gasteiger partial charge in [-0.25, -0.2) is 9.37 Å². The first kappa shape index (κ1) is 21.8. The highest BCUT2D eigenvalue weighted by Crippen LogP contribution is 2.34. The summed E-state index contributed by atoms with van der Waals surface area (Å²) in [5.74, 6) is -0.343. The van der Waals surface area contributed by atoms with E-state index >= 15 is 0 Å². The standard InChI is InChI=1S/C19H25F4N7O/c1-24-17-14(19(21,22)23)9-25-18(28-17)27-12-8-26-30(10-12)16-2-5-29(11-15(16)20)13-3-6-31-7-4-13/h8-10,13,15-16H,2-7,11H2,1H3,(H2,24,25,27,28)/t15-,16-/m1/s1. The molecule has 4 rings (SSSR count). The van der Waals surface area contributed by atoms with Crippen LogP contribution in [0.1, 0.15) is 30.9 Å². The van der Waals surface area contributed by atoms with Crippen molar-refractivity contribution in [3.05, 3.63) is 24.2 Å². The summed E-state index contributed by atoms with van der Waals surface area (Å²) in [4.78, 5) is 9.80. The van der Waals surface area contributed by atoms with Gasteiger partial charge < -0.3 is 15.4 Å². The van der Waals surface area contributed by atoms with Crippen molar-refractivity contribution in [2.24, 2.45) is 0 Å². The minimum atomic E-state index is -4.56. The molecule has 2 atom stereocenters. The van der Waals surface area contributed by atoms with Crippen molar-refractivity contribution in [3.63, 3.8) is 0 Å². The third-order valence-corrected chi connectivity index (χ3v) is 5.77. The van der Waals surface area contributed by atoms with Gasteiger partial charge in [-0.15, -0.1) is 0 Å². The molecule has 12 heteroatoms. The number of alkyl halides is 4. The second-order valence-corrected chi connectivity index (χ2v) is 7.75. The fraction of sp³-hybridized carbons (Fsp3) is 0.632. The van der Waals surface area contributed by atoms with E-state index in [0.717, 1.165) is 38.8 Å². The van der Waals surface area contributed by atoms with E-state index in [1.807, 2.05) is 0 Å². The van der Waals surface area contributed by atoms with Crippen molar-refractivity contribution >= 4 is 17.5 Å². The van der Waals surface area contributed by atoms with Gasteiger partial charge in [0.2, 0.25) is 5.95 Å². The lowest BCUT2D eigenvalue weighted by Gasteiger charge is -2.40. The second-order valence-electron chi connectivity index (χ2n) is 7.75. The Morgan fingerprint density at radius 3 is 2.61 bits per heavy atom. The van der Waals surface area contributed by atoms with E-state index < -0.39 is 24.0 Å². The third-order valence-electron chi connectivity index (χ3n) is 5.77. The zero-order chi connectivity index (χ0) is 22.0. The molecule has 0 aliphatic carbocycles. The number of ether oxygens (including phenoxy) is 1. The molecule has 2 aromatic heterocycles. The highest BCUT2D eigenvalue weighted by atomic mass is 19.4. The Morgan fingerprint density at radius 2 is 1.94 bits per heavy atom. The molecule has 31 heavy (non-hydrogen) atoms. The van der Waals surface area contributed by atoms with Crippen LogP contribution < -0.4 is 10.6 Å². The highest BCUT2D eigenvalue weighted by Gasteiger charge is 2.36. The molecule has 170 valence electrons. The Balaban J connectivity index is 1.41. The van der Waals surface area contributed by atoms with Crippen molar-refractivity contribution in [1.29, 1.82) is 0 Å². The van der Waals surface area contributed by atoms with Gasteiger partial charge in [0.1, 0.15) is 17.6 Å². The Kier molecular flexibility index (Phi) is 6.28. The van der Waals surface area contributed by atoms with Crippen LogP contribution >= 0.6 is 0 Å². The van der Waals surface area contributed by atoms with E-state index in [1.54, 1.807) is 10.9 Å². The molecule has 0 spiro atoms. The summed E-state index contributed by atoms with van der Waals surface area (Å²) < 4.78 is 60.9. The molecule has 2 saturated heterocycles. The first-order valence-electron chi connectivity index (χ1n) is 10.2. The van der Waals surface area contributed by atoms with Crippen LogP contribution in [0.15, 0.2) is 18.6 Å². The lowest BCUT2D eigenvalue weighted by atomic mass is 9.98. The molecular weight excluding hydrogens is 418 g/mol. The van der Waals surface area contributed by atoms with E-state index in [1.165, 1.54) is 13.2 Å². The largest absolute Gasteiger partial charge is 0.421 e. The van der Waals surface area contributed by atoms with E-state index in [9.17, 15) is 17.6 Å². The monoisotopic (exact) mass is 443 g/mol. The predicted molar refractivity (Wildman–Crippen MR) is 106 cm³/mol. The Morgan fingerprint density at radius 1 is 1.16 bits per heavy atom. The quantitative estimate of drug-likeness (QED) is 0.687. The molecular formula is C19H25F4N7O. The minimum absolute atomic E-state index is 0.0111. The van der Waals surface area contributed by atoms with Crippen LogP contribution in [0, 0.1) is 0 Å². The SMILES string of the molecule is CNc1nc(Nc2cnn([C@@H]3CCN(C4CCOCC4)C[C@H]3F)c2)ncc1C(F)(F)F. The first-order chi connectivity index (χ1) is 14.8. The summed E-state index contributed by atoms with van der Waals surface area (Å²) in [5, 5.41) is 9.51. The summed E-state index contributed by atoms with van der Waals surface area (Å²) in [6.07, 6.45) is 0.679. The number of rotatable bonds is 5. The maximum Gasteiger partial charge on any atom is 0.421 e. The number of hydrogen-bond acceptors (Lipinski definition) is 7. The Bertz CT molecular complexity index is 884. The van der Waals surface area contributed by atoms with E-state index in [-0.39, 0.29) is 11.8 Å². The molecule has 0 saturated carbocycles. The molecule has 0 radical (unpaired) electrons. The smallest absolute Gasteiger partial charge is 0.381 e. The van der Waals surface area contributed by atoms with Gasteiger partial charge in [0.25, 0.3) is 0 Å². The summed E-state index contributed by atoms with van der Waals surface area (Å²) in [5.41, 5.74) is -0.478. The summed E-state index contributed by atoms with van der Waals surface area (Å²) in [6, 6.07) is -0.0333. The molecule has 2 aromatic rings. The maximum absolute atomic E-state index is 14.9. The molecule has 0 amide bonds. The lowest BCUT2D eigenvalue weighted by molar-refractivity contribution is -0.137.